The van der Waals surface area contributed by atoms with Crippen molar-refractivity contribution in [3.8, 4) is 11.1 Å². The van der Waals surface area contributed by atoms with Crippen molar-refractivity contribution < 1.29 is 24.2 Å². The molecule has 1 aliphatic carbocycles. The Labute approximate surface area is 244 Å². The molecule has 0 aliphatic heterocycles. The Morgan fingerprint density at radius 3 is 2.50 bits per heavy atom. The number of ether oxygens (including phenoxy) is 2. The number of hydrogen-bond donors (Lipinski definition) is 2. The molecule has 2 aromatic carbocycles. The molecule has 1 fully saturated rings. The summed E-state index contributed by atoms with van der Waals surface area (Å²) in [6.45, 7) is 7.27. The number of carbonyl (C=O) groups excluding carboxylic acids is 1. The molecule has 6 nitrogen and oxygen atoms in total. The average Bonchev–Trinajstić information content (AvgIpc) is 2.96. The van der Waals surface area contributed by atoms with Gasteiger partial charge in [0, 0.05) is 5.56 Å². The van der Waals surface area contributed by atoms with E-state index in [0.29, 0.717) is 36.9 Å². The van der Waals surface area contributed by atoms with Gasteiger partial charge in [0.25, 0.3) is 5.91 Å². The molecule has 0 bridgehead atoms. The zero-order chi connectivity index (χ0) is 28.9. The number of carbonyl (C=O) groups is 2. The van der Waals surface area contributed by atoms with Crippen LogP contribution in [-0.4, -0.2) is 53.8 Å². The Morgan fingerprint density at radius 2 is 1.82 bits per heavy atom. The third-order valence-corrected chi connectivity index (χ3v) is 8.57. The van der Waals surface area contributed by atoms with Crippen LogP contribution in [0.4, 0.5) is 0 Å². The molecule has 0 heterocycles. The van der Waals surface area contributed by atoms with E-state index in [0.717, 1.165) is 35.1 Å². The lowest BCUT2D eigenvalue weighted by Gasteiger charge is -2.27. The van der Waals surface area contributed by atoms with Gasteiger partial charge in [0.2, 0.25) is 0 Å². The van der Waals surface area contributed by atoms with Crippen LogP contribution in [0.3, 0.4) is 0 Å². The second kappa shape index (κ2) is 16.8. The van der Waals surface area contributed by atoms with E-state index in [1.54, 1.807) is 17.8 Å². The minimum Gasteiger partial charge on any atom is -0.480 e. The first-order chi connectivity index (χ1) is 19.3. The van der Waals surface area contributed by atoms with E-state index in [4.69, 9.17) is 9.47 Å². The van der Waals surface area contributed by atoms with Gasteiger partial charge in [0.15, 0.2) is 0 Å². The maximum Gasteiger partial charge on any atom is 0.326 e. The van der Waals surface area contributed by atoms with Crippen molar-refractivity contribution in [2.24, 2.45) is 5.92 Å². The van der Waals surface area contributed by atoms with E-state index in [1.165, 1.54) is 32.1 Å². The van der Waals surface area contributed by atoms with Gasteiger partial charge in [-0.1, -0.05) is 69.4 Å². The molecular weight excluding hydrogens is 522 g/mol. The minimum atomic E-state index is -1.02. The summed E-state index contributed by atoms with van der Waals surface area (Å²) in [7, 11) is 0. The summed E-state index contributed by atoms with van der Waals surface area (Å²) in [5.74, 6) is -0.0629. The molecule has 3 atom stereocenters. The third-order valence-electron chi connectivity index (χ3n) is 7.93. The number of nitrogens with one attached hydrogen (secondary N) is 1. The monoisotopic (exact) mass is 569 g/mol. The molecule has 1 amide bonds. The molecule has 1 aliphatic rings. The van der Waals surface area contributed by atoms with E-state index in [9.17, 15) is 14.7 Å². The molecule has 1 saturated carbocycles. The molecule has 7 heteroatoms. The quantitative estimate of drug-likeness (QED) is 0.221. The highest BCUT2D eigenvalue weighted by Gasteiger charge is 2.24. The number of rotatable bonds is 16. The van der Waals surface area contributed by atoms with Gasteiger partial charge < -0.3 is 19.9 Å². The van der Waals surface area contributed by atoms with E-state index in [1.807, 2.05) is 49.6 Å². The fourth-order valence-electron chi connectivity index (χ4n) is 5.29. The standard InChI is InChI=1S/C33H47NO5S/c1-5-24(3)38-22-27(19-25-12-7-6-8-13-25)39-21-26-15-16-29(30(20-26)28-14-10-9-11-23(28)2)32(35)34-31(33(36)37)17-18-40-4/h9-11,14-16,20,24-25,27,31H,5-8,12-13,17-19,21-22H2,1-4H3,(H,34,35)(H,36,37)/t24?,27-,31-/m0/s1. The van der Waals surface area contributed by atoms with Gasteiger partial charge in [0.1, 0.15) is 6.04 Å². The first kappa shape index (κ1) is 32.2. The molecule has 220 valence electrons. The maximum absolute atomic E-state index is 13.4. The molecule has 2 N–H and O–H groups in total. The molecule has 40 heavy (non-hydrogen) atoms. The number of thioether (sulfide) groups is 1. The first-order valence-corrected chi connectivity index (χ1v) is 16.2. The van der Waals surface area contributed by atoms with Crippen LogP contribution in [0, 0.1) is 12.8 Å². The highest BCUT2D eigenvalue weighted by Crippen LogP contribution is 2.31. The van der Waals surface area contributed by atoms with Crippen LogP contribution in [0.15, 0.2) is 42.5 Å². The summed E-state index contributed by atoms with van der Waals surface area (Å²) in [5.41, 5.74) is 4.22. The van der Waals surface area contributed by atoms with E-state index >= 15 is 0 Å². The highest BCUT2D eigenvalue weighted by molar-refractivity contribution is 7.98. The van der Waals surface area contributed by atoms with E-state index < -0.39 is 12.0 Å². The molecule has 3 rings (SSSR count). The second-order valence-corrected chi connectivity index (χ2v) is 12.1. The Bertz CT molecular complexity index is 1080. The number of aryl methyl sites for hydroxylation is 1. The highest BCUT2D eigenvalue weighted by atomic mass is 32.2. The van der Waals surface area contributed by atoms with Crippen LogP contribution >= 0.6 is 11.8 Å². The van der Waals surface area contributed by atoms with Crippen LogP contribution in [0.2, 0.25) is 0 Å². The molecule has 1 unspecified atom stereocenters. The molecule has 0 aromatic heterocycles. The van der Waals surface area contributed by atoms with Gasteiger partial charge in [-0.15, -0.1) is 0 Å². The summed E-state index contributed by atoms with van der Waals surface area (Å²) in [4.78, 5) is 25.2. The molecule has 0 spiro atoms. The summed E-state index contributed by atoms with van der Waals surface area (Å²) in [5, 5.41) is 12.4. The Hall–Kier alpha value is -2.35. The van der Waals surface area contributed by atoms with Crippen molar-refractivity contribution >= 4 is 23.6 Å². The number of amides is 1. The van der Waals surface area contributed by atoms with Crippen molar-refractivity contribution in [1.82, 2.24) is 5.32 Å². The van der Waals surface area contributed by atoms with Gasteiger partial charge in [0.05, 0.1) is 25.4 Å². The normalized spacial score (nSPS) is 16.3. The SMILES string of the molecule is CCC(C)OC[C@H](CC1CCCCC1)OCc1ccc(C(=O)N[C@@H](CCSC)C(=O)O)c(-c2ccccc2C)c1. The lowest BCUT2D eigenvalue weighted by molar-refractivity contribution is -0.139. The summed E-state index contributed by atoms with van der Waals surface area (Å²) in [6, 6.07) is 12.8. The van der Waals surface area contributed by atoms with Crippen molar-refractivity contribution in [1.29, 1.82) is 0 Å². The molecule has 0 saturated heterocycles. The van der Waals surface area contributed by atoms with Crippen molar-refractivity contribution in [2.75, 3.05) is 18.6 Å². The smallest absolute Gasteiger partial charge is 0.326 e. The lowest BCUT2D eigenvalue weighted by atomic mass is 9.85. The van der Waals surface area contributed by atoms with Crippen LogP contribution in [-0.2, 0) is 20.9 Å². The Morgan fingerprint density at radius 1 is 1.07 bits per heavy atom. The van der Waals surface area contributed by atoms with Crippen LogP contribution in [0.1, 0.15) is 86.7 Å². The van der Waals surface area contributed by atoms with E-state index in [-0.39, 0.29) is 18.1 Å². The predicted octanol–water partition coefficient (Wildman–Crippen LogP) is 7.27. The van der Waals surface area contributed by atoms with Crippen LogP contribution in [0.5, 0.6) is 0 Å². The average molecular weight is 570 g/mol. The van der Waals surface area contributed by atoms with E-state index in [2.05, 4.69) is 19.2 Å². The van der Waals surface area contributed by atoms with Gasteiger partial charge in [-0.3, -0.25) is 4.79 Å². The topological polar surface area (TPSA) is 84.9 Å². The number of carboxylic acids is 1. The van der Waals surface area contributed by atoms with Gasteiger partial charge >= 0.3 is 5.97 Å². The zero-order valence-corrected chi connectivity index (χ0v) is 25.4. The first-order valence-electron chi connectivity index (χ1n) is 14.8. The largest absolute Gasteiger partial charge is 0.480 e. The minimum absolute atomic E-state index is 0.0229. The number of hydrogen-bond acceptors (Lipinski definition) is 5. The van der Waals surface area contributed by atoms with Gasteiger partial charge in [-0.05, 0) is 85.4 Å². The van der Waals surface area contributed by atoms with Crippen LogP contribution in [0.25, 0.3) is 11.1 Å². The van der Waals surface area contributed by atoms with Crippen LogP contribution < -0.4 is 5.32 Å². The fraction of sp³-hybridized carbons (Fsp3) is 0.576. The van der Waals surface area contributed by atoms with Crippen molar-refractivity contribution in [3.63, 3.8) is 0 Å². The van der Waals surface area contributed by atoms with Crippen molar-refractivity contribution in [3.05, 3.63) is 59.2 Å². The molecular formula is C33H47NO5S. The summed E-state index contributed by atoms with van der Waals surface area (Å²) in [6.07, 6.45) is 11.0. The fourth-order valence-corrected chi connectivity index (χ4v) is 5.76. The third kappa shape index (κ3) is 9.93. The number of carboxylic acid groups (broad SMARTS) is 1. The van der Waals surface area contributed by atoms with Gasteiger partial charge in [-0.25, -0.2) is 4.79 Å². The maximum atomic E-state index is 13.4. The zero-order valence-electron chi connectivity index (χ0n) is 24.6. The summed E-state index contributed by atoms with van der Waals surface area (Å²) < 4.78 is 12.6. The molecule has 0 radical (unpaired) electrons. The number of benzene rings is 2. The lowest BCUT2D eigenvalue weighted by Crippen LogP contribution is -2.41. The van der Waals surface area contributed by atoms with Crippen molar-refractivity contribution in [2.45, 2.75) is 97.0 Å². The molecule has 2 aromatic rings. The Balaban J connectivity index is 1.82. The Kier molecular flexibility index (Phi) is 13.5. The number of aliphatic carboxylic acids is 1. The summed E-state index contributed by atoms with van der Waals surface area (Å²) >= 11 is 1.56. The predicted molar refractivity (Wildman–Crippen MR) is 164 cm³/mol. The van der Waals surface area contributed by atoms with Gasteiger partial charge in [-0.2, -0.15) is 11.8 Å². The second-order valence-electron chi connectivity index (χ2n) is 11.1.